The molecule has 72 valence electrons. The maximum absolute atomic E-state index is 11.6. The molecule has 0 radical (unpaired) electrons. The standard InChI is InChI=1S/C10H15NO2/c1-6(12)10-8-4-3-7(11(8)2)5-9(10)13/h7-8,10H,3-5H2,1-2H3. The van der Waals surface area contributed by atoms with Gasteiger partial charge in [-0.2, -0.15) is 0 Å². The van der Waals surface area contributed by atoms with Crippen LogP contribution >= 0.6 is 0 Å². The molecule has 0 aromatic carbocycles. The van der Waals surface area contributed by atoms with Crippen molar-refractivity contribution in [1.29, 1.82) is 0 Å². The molecule has 0 saturated carbocycles. The zero-order valence-electron chi connectivity index (χ0n) is 8.12. The normalized spacial score (nSPS) is 39.5. The first kappa shape index (κ1) is 8.88. The topological polar surface area (TPSA) is 37.4 Å². The first-order chi connectivity index (χ1) is 6.11. The van der Waals surface area contributed by atoms with Crippen molar-refractivity contribution in [2.45, 2.75) is 38.3 Å². The lowest BCUT2D eigenvalue weighted by Gasteiger charge is -2.35. The van der Waals surface area contributed by atoms with E-state index in [2.05, 4.69) is 4.90 Å². The molecule has 0 N–H and O–H groups in total. The van der Waals surface area contributed by atoms with Crippen molar-refractivity contribution >= 4 is 11.6 Å². The number of carbonyl (C=O) groups is 2. The third-order valence-electron chi connectivity index (χ3n) is 3.50. The van der Waals surface area contributed by atoms with Crippen LogP contribution in [0.3, 0.4) is 0 Å². The van der Waals surface area contributed by atoms with Crippen molar-refractivity contribution in [1.82, 2.24) is 4.90 Å². The SMILES string of the molecule is CC(=O)C1C(=O)CC2CCC1N2C. The predicted molar refractivity (Wildman–Crippen MR) is 48.4 cm³/mol. The van der Waals surface area contributed by atoms with Crippen LogP contribution < -0.4 is 0 Å². The number of nitrogens with zero attached hydrogens (tertiary/aromatic N) is 1. The Morgan fingerprint density at radius 2 is 2.15 bits per heavy atom. The highest BCUT2D eigenvalue weighted by Crippen LogP contribution is 2.36. The summed E-state index contributed by atoms with van der Waals surface area (Å²) in [4.78, 5) is 25.1. The number of carbonyl (C=O) groups excluding carboxylic acids is 2. The van der Waals surface area contributed by atoms with E-state index in [4.69, 9.17) is 0 Å². The molecule has 0 aliphatic carbocycles. The molecule has 3 nitrogen and oxygen atoms in total. The smallest absolute Gasteiger partial charge is 0.146 e. The maximum atomic E-state index is 11.6. The van der Waals surface area contributed by atoms with Crippen LogP contribution in [0, 0.1) is 5.92 Å². The van der Waals surface area contributed by atoms with Crippen LogP contribution in [0.25, 0.3) is 0 Å². The van der Waals surface area contributed by atoms with Gasteiger partial charge < -0.3 is 0 Å². The first-order valence-electron chi connectivity index (χ1n) is 4.86. The van der Waals surface area contributed by atoms with Gasteiger partial charge in [0.2, 0.25) is 0 Å². The van der Waals surface area contributed by atoms with E-state index in [0.29, 0.717) is 12.5 Å². The highest BCUT2D eigenvalue weighted by Gasteiger charge is 2.46. The summed E-state index contributed by atoms with van der Waals surface area (Å²) in [6.07, 6.45) is 2.67. The molecular weight excluding hydrogens is 166 g/mol. The second kappa shape index (κ2) is 2.91. The van der Waals surface area contributed by atoms with Crippen molar-refractivity contribution in [2.24, 2.45) is 5.92 Å². The lowest BCUT2D eigenvalue weighted by Crippen LogP contribution is -2.49. The number of piperidine rings is 1. The minimum Gasteiger partial charge on any atom is -0.299 e. The molecule has 3 heteroatoms. The minimum atomic E-state index is -0.330. The van der Waals surface area contributed by atoms with E-state index in [0.717, 1.165) is 12.8 Å². The van der Waals surface area contributed by atoms with Crippen molar-refractivity contribution < 1.29 is 9.59 Å². The molecule has 2 aliphatic rings. The molecule has 0 aromatic heterocycles. The average molecular weight is 181 g/mol. The summed E-state index contributed by atoms with van der Waals surface area (Å²) in [7, 11) is 2.03. The van der Waals surface area contributed by atoms with E-state index in [1.54, 1.807) is 0 Å². The van der Waals surface area contributed by atoms with Crippen LogP contribution in [0.2, 0.25) is 0 Å². The van der Waals surface area contributed by atoms with Crippen molar-refractivity contribution in [2.75, 3.05) is 7.05 Å². The number of rotatable bonds is 1. The van der Waals surface area contributed by atoms with E-state index in [9.17, 15) is 9.59 Å². The predicted octanol–water partition coefficient (Wildman–Crippen LogP) is 0.627. The molecule has 0 amide bonds. The Hall–Kier alpha value is -0.700. The van der Waals surface area contributed by atoms with Crippen LogP contribution in [0.5, 0.6) is 0 Å². The van der Waals surface area contributed by atoms with Gasteiger partial charge in [0.1, 0.15) is 11.6 Å². The van der Waals surface area contributed by atoms with Crippen LogP contribution in [-0.4, -0.2) is 35.6 Å². The quantitative estimate of drug-likeness (QED) is 0.557. The van der Waals surface area contributed by atoms with Crippen molar-refractivity contribution in [3.8, 4) is 0 Å². The molecule has 2 aliphatic heterocycles. The molecule has 3 atom stereocenters. The second-order valence-corrected chi connectivity index (χ2v) is 4.22. The van der Waals surface area contributed by atoms with E-state index in [1.807, 2.05) is 7.05 Å². The fourth-order valence-electron chi connectivity index (χ4n) is 2.76. The average Bonchev–Trinajstić information content (AvgIpc) is 2.34. The first-order valence-corrected chi connectivity index (χ1v) is 4.86. The Kier molecular flexibility index (Phi) is 1.99. The van der Waals surface area contributed by atoms with Gasteiger partial charge in [-0.3, -0.25) is 14.5 Å². The highest BCUT2D eigenvalue weighted by molar-refractivity contribution is 6.03. The number of ketones is 2. The van der Waals surface area contributed by atoms with Gasteiger partial charge in [-0.05, 0) is 26.8 Å². The number of hydrogen-bond acceptors (Lipinski definition) is 3. The molecule has 2 heterocycles. The fraction of sp³-hybridized carbons (Fsp3) is 0.800. The number of hydrogen-bond donors (Lipinski definition) is 0. The maximum Gasteiger partial charge on any atom is 0.146 e. The Bertz CT molecular complexity index is 262. The summed E-state index contributed by atoms with van der Waals surface area (Å²) < 4.78 is 0. The molecule has 0 aromatic rings. The fourth-order valence-corrected chi connectivity index (χ4v) is 2.76. The van der Waals surface area contributed by atoms with E-state index in [1.165, 1.54) is 6.92 Å². The van der Waals surface area contributed by atoms with Gasteiger partial charge in [0.15, 0.2) is 0 Å². The molecule has 2 fully saturated rings. The van der Waals surface area contributed by atoms with Gasteiger partial charge >= 0.3 is 0 Å². The molecular formula is C10H15NO2. The Labute approximate surface area is 78.1 Å². The number of Topliss-reactive ketones (excluding diaryl/α,β-unsaturated/α-hetero) is 2. The van der Waals surface area contributed by atoms with Gasteiger partial charge in [0.25, 0.3) is 0 Å². The molecule has 3 unspecified atom stereocenters. The summed E-state index contributed by atoms with van der Waals surface area (Å²) in [5.41, 5.74) is 0. The molecule has 0 spiro atoms. The van der Waals surface area contributed by atoms with Gasteiger partial charge in [-0.25, -0.2) is 0 Å². The monoisotopic (exact) mass is 181 g/mol. The van der Waals surface area contributed by atoms with E-state index in [-0.39, 0.29) is 23.5 Å². The third-order valence-corrected chi connectivity index (χ3v) is 3.50. The lowest BCUT2D eigenvalue weighted by atomic mass is 9.86. The van der Waals surface area contributed by atoms with Crippen molar-refractivity contribution in [3.63, 3.8) is 0 Å². The molecule has 2 bridgehead atoms. The lowest BCUT2D eigenvalue weighted by molar-refractivity contribution is -0.137. The molecule has 2 saturated heterocycles. The minimum absolute atomic E-state index is 0.0437. The van der Waals surface area contributed by atoms with Gasteiger partial charge in [0.05, 0.1) is 5.92 Å². The van der Waals surface area contributed by atoms with Crippen LogP contribution in [0.1, 0.15) is 26.2 Å². The zero-order chi connectivity index (χ0) is 9.59. The molecule has 2 rings (SSSR count). The number of fused-ring (bicyclic) bond motifs is 2. The summed E-state index contributed by atoms with van der Waals surface area (Å²) >= 11 is 0. The Morgan fingerprint density at radius 1 is 1.46 bits per heavy atom. The summed E-state index contributed by atoms with van der Waals surface area (Å²) in [5, 5.41) is 0. The van der Waals surface area contributed by atoms with Gasteiger partial charge in [-0.1, -0.05) is 0 Å². The highest BCUT2D eigenvalue weighted by atomic mass is 16.2. The van der Waals surface area contributed by atoms with E-state index >= 15 is 0 Å². The Balaban J connectivity index is 2.27. The van der Waals surface area contributed by atoms with Gasteiger partial charge in [-0.15, -0.1) is 0 Å². The Morgan fingerprint density at radius 3 is 2.77 bits per heavy atom. The molecule has 13 heavy (non-hydrogen) atoms. The van der Waals surface area contributed by atoms with Gasteiger partial charge in [0, 0.05) is 18.5 Å². The third kappa shape index (κ3) is 1.22. The van der Waals surface area contributed by atoms with Crippen LogP contribution in [-0.2, 0) is 9.59 Å². The van der Waals surface area contributed by atoms with Crippen LogP contribution in [0.15, 0.2) is 0 Å². The van der Waals surface area contributed by atoms with Crippen LogP contribution in [0.4, 0.5) is 0 Å². The van der Waals surface area contributed by atoms with Crippen molar-refractivity contribution in [3.05, 3.63) is 0 Å². The summed E-state index contributed by atoms with van der Waals surface area (Å²) in [6, 6.07) is 0.608. The summed E-state index contributed by atoms with van der Waals surface area (Å²) in [5.74, 6) is -0.121. The summed E-state index contributed by atoms with van der Waals surface area (Å²) in [6.45, 7) is 1.54. The second-order valence-electron chi connectivity index (χ2n) is 4.22. The zero-order valence-corrected chi connectivity index (χ0v) is 8.12. The largest absolute Gasteiger partial charge is 0.299 e. The van der Waals surface area contributed by atoms with E-state index < -0.39 is 0 Å².